The molecule has 1 atom stereocenters. The molecular formula is C20H27NO4. The van der Waals surface area contributed by atoms with Crippen molar-refractivity contribution in [3.8, 4) is 0 Å². The zero-order valence-electron chi connectivity index (χ0n) is 14.7. The third kappa shape index (κ3) is 3.25. The van der Waals surface area contributed by atoms with Crippen LogP contribution in [0.1, 0.15) is 105 Å². The van der Waals surface area contributed by atoms with Crippen LogP contribution >= 0.6 is 0 Å². The van der Waals surface area contributed by atoms with Crippen molar-refractivity contribution in [3.63, 3.8) is 0 Å². The Morgan fingerprint density at radius 1 is 1.24 bits per heavy atom. The van der Waals surface area contributed by atoms with E-state index < -0.39 is 5.97 Å². The van der Waals surface area contributed by atoms with Gasteiger partial charge >= 0.3 is 5.97 Å². The van der Waals surface area contributed by atoms with Gasteiger partial charge in [-0.1, -0.05) is 24.4 Å². The number of rotatable bonds is 7. The van der Waals surface area contributed by atoms with Gasteiger partial charge < -0.3 is 14.4 Å². The molecule has 5 heteroatoms. The summed E-state index contributed by atoms with van der Waals surface area (Å²) in [6.07, 6.45) is 12.3. The number of aldehydes is 1. The topological polar surface area (TPSA) is 80.4 Å². The summed E-state index contributed by atoms with van der Waals surface area (Å²) in [5, 5.41) is 13.5. The molecular weight excluding hydrogens is 318 g/mol. The van der Waals surface area contributed by atoms with E-state index in [0.717, 1.165) is 36.1 Å². The molecule has 1 N–H and O–H groups in total. The Bertz CT molecular complexity index is 647. The van der Waals surface area contributed by atoms with Gasteiger partial charge in [0.1, 0.15) is 12.0 Å². The van der Waals surface area contributed by atoms with Crippen molar-refractivity contribution in [3.05, 3.63) is 17.0 Å². The molecule has 1 spiro atoms. The molecule has 1 aromatic heterocycles. The van der Waals surface area contributed by atoms with E-state index in [2.05, 4.69) is 5.16 Å². The van der Waals surface area contributed by atoms with Gasteiger partial charge in [0.15, 0.2) is 0 Å². The molecule has 5 nitrogen and oxygen atoms in total. The molecule has 0 amide bonds. The summed E-state index contributed by atoms with van der Waals surface area (Å²) in [4.78, 5) is 22.2. The van der Waals surface area contributed by atoms with Gasteiger partial charge in [0.2, 0.25) is 0 Å². The van der Waals surface area contributed by atoms with E-state index in [-0.39, 0.29) is 18.8 Å². The van der Waals surface area contributed by atoms with Gasteiger partial charge in [-0.25, -0.2) is 0 Å². The highest BCUT2D eigenvalue weighted by Gasteiger charge is 2.49. The number of aliphatic carboxylic acids is 1. The first-order chi connectivity index (χ1) is 12.1. The zero-order valence-corrected chi connectivity index (χ0v) is 14.7. The number of hydrogen-bond acceptors (Lipinski definition) is 4. The van der Waals surface area contributed by atoms with E-state index in [1.165, 1.54) is 44.9 Å². The van der Waals surface area contributed by atoms with Gasteiger partial charge in [0.05, 0.1) is 12.1 Å². The summed E-state index contributed by atoms with van der Waals surface area (Å²) in [5.74, 6) is 0.670. The fourth-order valence-electron chi connectivity index (χ4n) is 5.19. The molecule has 1 aromatic rings. The number of aromatic nitrogens is 1. The first-order valence-electron chi connectivity index (χ1n) is 9.77. The number of nitrogens with zero attached hydrogens (tertiary/aromatic N) is 1. The minimum Gasteiger partial charge on any atom is -0.481 e. The van der Waals surface area contributed by atoms with E-state index >= 15 is 0 Å². The van der Waals surface area contributed by atoms with Crippen molar-refractivity contribution in [1.82, 2.24) is 5.16 Å². The van der Waals surface area contributed by atoms with E-state index in [9.17, 15) is 14.7 Å². The standard InChI is InChI=1S/C20H27NO4/c22-9-6-14(10-16(23)24)18-17(13-4-5-13)19(25-21-18)15-11-20(12-15)7-2-1-3-8-20/h9,13-15H,1-8,10-12H2,(H,23,24). The SMILES string of the molecule is O=CCC(CC(=O)O)c1noc(C2CC3(CCCCC3)C2)c1C1CC1. The second-order valence-electron chi connectivity index (χ2n) is 8.48. The molecule has 0 radical (unpaired) electrons. The van der Waals surface area contributed by atoms with Crippen LogP contribution in [0.4, 0.5) is 0 Å². The molecule has 3 aliphatic carbocycles. The number of carboxylic acids is 1. The van der Waals surface area contributed by atoms with Gasteiger partial charge in [-0.05, 0) is 49.9 Å². The second kappa shape index (κ2) is 6.58. The Labute approximate surface area is 148 Å². The highest BCUT2D eigenvalue weighted by molar-refractivity contribution is 5.69. The summed E-state index contributed by atoms with van der Waals surface area (Å²) in [7, 11) is 0. The minimum atomic E-state index is -0.886. The van der Waals surface area contributed by atoms with Crippen molar-refractivity contribution < 1.29 is 19.2 Å². The molecule has 4 rings (SSSR count). The lowest BCUT2D eigenvalue weighted by Gasteiger charge is -2.49. The molecule has 3 aliphatic rings. The summed E-state index contributed by atoms with van der Waals surface area (Å²) in [6, 6.07) is 0. The maximum Gasteiger partial charge on any atom is 0.304 e. The fourth-order valence-corrected chi connectivity index (χ4v) is 5.19. The van der Waals surface area contributed by atoms with Crippen molar-refractivity contribution in [1.29, 1.82) is 0 Å². The van der Waals surface area contributed by atoms with Crippen molar-refractivity contribution in [2.75, 3.05) is 0 Å². The Morgan fingerprint density at radius 2 is 1.96 bits per heavy atom. The average molecular weight is 345 g/mol. The van der Waals surface area contributed by atoms with Crippen LogP contribution in [0.15, 0.2) is 4.52 Å². The maximum absolute atomic E-state index is 11.2. The quantitative estimate of drug-likeness (QED) is 0.735. The highest BCUT2D eigenvalue weighted by atomic mass is 16.5. The van der Waals surface area contributed by atoms with Gasteiger partial charge in [-0.2, -0.15) is 0 Å². The highest BCUT2D eigenvalue weighted by Crippen LogP contribution is 2.60. The van der Waals surface area contributed by atoms with Crippen molar-refractivity contribution in [2.45, 2.75) is 88.4 Å². The number of carbonyl (C=O) groups excluding carboxylic acids is 1. The van der Waals surface area contributed by atoms with Crippen LogP contribution in [0.3, 0.4) is 0 Å². The number of carbonyl (C=O) groups is 2. The van der Waals surface area contributed by atoms with E-state index in [0.29, 0.717) is 17.3 Å². The van der Waals surface area contributed by atoms with Crippen LogP contribution in [0.25, 0.3) is 0 Å². The van der Waals surface area contributed by atoms with Crippen LogP contribution < -0.4 is 0 Å². The number of hydrogen-bond donors (Lipinski definition) is 1. The lowest BCUT2D eigenvalue weighted by molar-refractivity contribution is -0.137. The molecule has 0 aliphatic heterocycles. The predicted octanol–water partition coefficient (Wildman–Crippen LogP) is 4.53. The summed E-state index contributed by atoms with van der Waals surface area (Å²) < 4.78 is 5.79. The van der Waals surface area contributed by atoms with Gasteiger partial charge in [-0.15, -0.1) is 0 Å². The molecule has 0 saturated heterocycles. The van der Waals surface area contributed by atoms with Gasteiger partial charge in [0, 0.05) is 23.8 Å². The Kier molecular flexibility index (Phi) is 4.42. The molecule has 3 fully saturated rings. The minimum absolute atomic E-state index is 0.0565. The summed E-state index contributed by atoms with van der Waals surface area (Å²) in [5.41, 5.74) is 2.43. The van der Waals surface area contributed by atoms with Crippen LogP contribution in [-0.2, 0) is 9.59 Å². The van der Waals surface area contributed by atoms with E-state index in [4.69, 9.17) is 4.52 Å². The number of carboxylic acid groups (broad SMARTS) is 1. The maximum atomic E-state index is 11.2. The average Bonchev–Trinajstić information content (AvgIpc) is 3.31. The van der Waals surface area contributed by atoms with Crippen molar-refractivity contribution in [2.24, 2.45) is 5.41 Å². The van der Waals surface area contributed by atoms with Gasteiger partial charge in [0.25, 0.3) is 0 Å². The second-order valence-corrected chi connectivity index (χ2v) is 8.48. The molecule has 25 heavy (non-hydrogen) atoms. The molecule has 0 bridgehead atoms. The third-order valence-electron chi connectivity index (χ3n) is 6.60. The summed E-state index contributed by atoms with van der Waals surface area (Å²) >= 11 is 0. The smallest absolute Gasteiger partial charge is 0.304 e. The molecule has 1 heterocycles. The van der Waals surface area contributed by atoms with Crippen LogP contribution in [0, 0.1) is 5.41 Å². The first kappa shape index (κ1) is 16.8. The normalized spacial score (nSPS) is 24.0. The lowest BCUT2D eigenvalue weighted by Crippen LogP contribution is -2.37. The summed E-state index contributed by atoms with van der Waals surface area (Å²) in [6.45, 7) is 0. The first-order valence-corrected chi connectivity index (χ1v) is 9.77. The fraction of sp³-hybridized carbons (Fsp3) is 0.750. The predicted molar refractivity (Wildman–Crippen MR) is 91.6 cm³/mol. The largest absolute Gasteiger partial charge is 0.481 e. The van der Waals surface area contributed by atoms with E-state index in [1.54, 1.807) is 0 Å². The van der Waals surface area contributed by atoms with Crippen LogP contribution in [0.5, 0.6) is 0 Å². The van der Waals surface area contributed by atoms with E-state index in [1.807, 2.05) is 0 Å². The Balaban J connectivity index is 1.56. The van der Waals surface area contributed by atoms with Gasteiger partial charge in [-0.3, -0.25) is 4.79 Å². The lowest BCUT2D eigenvalue weighted by atomic mass is 9.55. The van der Waals surface area contributed by atoms with Crippen molar-refractivity contribution >= 4 is 12.3 Å². The van der Waals surface area contributed by atoms with Crippen LogP contribution in [-0.4, -0.2) is 22.5 Å². The third-order valence-corrected chi connectivity index (χ3v) is 6.60. The molecule has 136 valence electrons. The molecule has 0 aromatic carbocycles. The molecule has 1 unspecified atom stereocenters. The van der Waals surface area contributed by atoms with Crippen LogP contribution in [0.2, 0.25) is 0 Å². The monoisotopic (exact) mass is 345 g/mol. The Morgan fingerprint density at radius 3 is 2.56 bits per heavy atom. The Hall–Kier alpha value is -1.65. The molecule has 3 saturated carbocycles. The zero-order chi connectivity index (χ0) is 17.4.